The van der Waals surface area contributed by atoms with Crippen molar-refractivity contribution < 1.29 is 0 Å². The average Bonchev–Trinajstić information content (AvgIpc) is 3.24. The van der Waals surface area contributed by atoms with Crippen molar-refractivity contribution in [2.45, 2.75) is 0 Å². The van der Waals surface area contributed by atoms with Crippen molar-refractivity contribution in [1.29, 1.82) is 0 Å². The molecule has 0 spiro atoms. The zero-order valence-corrected chi connectivity index (χ0v) is 29.6. The van der Waals surface area contributed by atoms with E-state index < -0.39 is 0 Å². The van der Waals surface area contributed by atoms with Gasteiger partial charge in [-0.25, -0.2) is 0 Å². The van der Waals surface area contributed by atoms with Gasteiger partial charge in [0.25, 0.3) is 0 Å². The molecule has 0 nitrogen and oxygen atoms in total. The van der Waals surface area contributed by atoms with E-state index >= 15 is 0 Å². The first-order chi connectivity index (χ1) is 26.8. The zero-order chi connectivity index (χ0) is 35.6. The highest BCUT2D eigenvalue weighted by Crippen LogP contribution is 2.45. The third kappa shape index (κ3) is 4.92. The molecule has 0 N–H and O–H groups in total. The van der Waals surface area contributed by atoms with E-state index in [4.69, 9.17) is 0 Å². The van der Waals surface area contributed by atoms with Gasteiger partial charge in [-0.15, -0.1) is 0 Å². The van der Waals surface area contributed by atoms with Crippen LogP contribution in [0.4, 0.5) is 0 Å². The summed E-state index contributed by atoms with van der Waals surface area (Å²) in [6.45, 7) is 0. The molecule has 0 radical (unpaired) electrons. The van der Waals surface area contributed by atoms with E-state index in [-0.39, 0.29) is 0 Å². The molecule has 0 aromatic heterocycles. The third-order valence-corrected chi connectivity index (χ3v) is 11.4. The summed E-state index contributed by atoms with van der Waals surface area (Å²) in [6, 6.07) is 76.1. The predicted molar refractivity (Wildman–Crippen MR) is 233 cm³/mol. The third-order valence-electron chi connectivity index (χ3n) is 11.4. The Morgan fingerprint density at radius 3 is 1.26 bits per heavy atom. The summed E-state index contributed by atoms with van der Waals surface area (Å²) in [5.74, 6) is 0. The van der Waals surface area contributed by atoms with Crippen molar-refractivity contribution in [3.8, 4) is 44.5 Å². The lowest BCUT2D eigenvalue weighted by Gasteiger charge is -2.18. The van der Waals surface area contributed by atoms with E-state index in [9.17, 15) is 0 Å². The molecule has 0 unspecified atom stereocenters. The highest BCUT2D eigenvalue weighted by molar-refractivity contribution is 6.22. The average molecular weight is 683 g/mol. The Bertz CT molecular complexity index is 3190. The Kier molecular flexibility index (Phi) is 6.97. The minimum atomic E-state index is 1.22. The first-order valence-corrected chi connectivity index (χ1v) is 18.7. The van der Waals surface area contributed by atoms with Gasteiger partial charge < -0.3 is 0 Å². The maximum Gasteiger partial charge on any atom is -0.00262 e. The normalized spacial score (nSPS) is 11.7. The van der Waals surface area contributed by atoms with Crippen molar-refractivity contribution >= 4 is 64.6 Å². The Hall–Kier alpha value is -7.02. The Balaban J connectivity index is 1.04. The minimum Gasteiger partial charge on any atom is -0.0616 e. The number of hydrogen-bond acceptors (Lipinski definition) is 0. The second kappa shape index (κ2) is 12.3. The molecule has 54 heavy (non-hydrogen) atoms. The standard InChI is InChI=1S/C54H34/c1-3-13-45-37(10-1)12-9-19-47(45)39-24-20-35(21-25-39)40-27-22-36-23-29-42(34-44(36)32-40)53-49-15-5-7-17-51(49)54(52-18-8-6-16-50(52)53)43-30-31-48-41(33-43)28-26-38-11-2-4-14-46(38)48/h1-34H. The Morgan fingerprint density at radius 1 is 0.185 bits per heavy atom. The summed E-state index contributed by atoms with van der Waals surface area (Å²) in [6.07, 6.45) is 0. The highest BCUT2D eigenvalue weighted by atomic mass is 14.2. The van der Waals surface area contributed by atoms with E-state index in [1.807, 2.05) is 0 Å². The van der Waals surface area contributed by atoms with Crippen molar-refractivity contribution in [3.05, 3.63) is 206 Å². The Morgan fingerprint density at radius 2 is 0.593 bits per heavy atom. The summed E-state index contributed by atoms with van der Waals surface area (Å²) in [5.41, 5.74) is 9.98. The molecule has 0 saturated heterocycles. The monoisotopic (exact) mass is 682 g/mol. The topological polar surface area (TPSA) is 0 Å². The van der Waals surface area contributed by atoms with Gasteiger partial charge >= 0.3 is 0 Å². The van der Waals surface area contributed by atoms with Gasteiger partial charge in [-0.1, -0.05) is 188 Å². The van der Waals surface area contributed by atoms with E-state index in [0.29, 0.717) is 0 Å². The van der Waals surface area contributed by atoms with Gasteiger partial charge in [-0.05, 0) is 127 Å². The summed E-state index contributed by atoms with van der Waals surface area (Å²) < 4.78 is 0. The van der Waals surface area contributed by atoms with Gasteiger partial charge in [-0.2, -0.15) is 0 Å². The lowest BCUT2D eigenvalue weighted by molar-refractivity contribution is 1.62. The van der Waals surface area contributed by atoms with Crippen LogP contribution in [0.1, 0.15) is 0 Å². The number of fused-ring (bicyclic) bond motifs is 7. The quantitative estimate of drug-likeness (QED) is 0.128. The van der Waals surface area contributed by atoms with Crippen molar-refractivity contribution in [2.75, 3.05) is 0 Å². The van der Waals surface area contributed by atoms with Crippen LogP contribution < -0.4 is 0 Å². The largest absolute Gasteiger partial charge is 0.0616 e. The van der Waals surface area contributed by atoms with E-state index in [1.54, 1.807) is 0 Å². The molecular formula is C54H34. The van der Waals surface area contributed by atoms with Crippen LogP contribution in [-0.4, -0.2) is 0 Å². The van der Waals surface area contributed by atoms with Gasteiger partial charge in [-0.3, -0.25) is 0 Å². The molecule has 0 fully saturated rings. The van der Waals surface area contributed by atoms with Crippen molar-refractivity contribution in [1.82, 2.24) is 0 Å². The van der Waals surface area contributed by atoms with Crippen LogP contribution in [0.15, 0.2) is 206 Å². The van der Waals surface area contributed by atoms with Crippen molar-refractivity contribution in [2.24, 2.45) is 0 Å². The molecule has 0 atom stereocenters. The summed E-state index contributed by atoms with van der Waals surface area (Å²) in [7, 11) is 0. The van der Waals surface area contributed by atoms with Gasteiger partial charge in [0.05, 0.1) is 0 Å². The number of rotatable bonds is 4. The van der Waals surface area contributed by atoms with Crippen LogP contribution in [0, 0.1) is 0 Å². The molecule has 11 rings (SSSR count). The molecule has 11 aromatic carbocycles. The Labute approximate surface area is 314 Å². The van der Waals surface area contributed by atoms with Crippen LogP contribution in [0.5, 0.6) is 0 Å². The maximum atomic E-state index is 2.39. The van der Waals surface area contributed by atoms with Gasteiger partial charge in [0.15, 0.2) is 0 Å². The number of benzene rings is 11. The van der Waals surface area contributed by atoms with E-state index in [0.717, 1.165) is 0 Å². The molecule has 0 saturated carbocycles. The second-order valence-corrected chi connectivity index (χ2v) is 14.4. The fourth-order valence-electron chi connectivity index (χ4n) is 8.82. The lowest BCUT2D eigenvalue weighted by Crippen LogP contribution is -1.91. The van der Waals surface area contributed by atoms with E-state index in [2.05, 4.69) is 206 Å². The molecule has 0 amide bonds. The van der Waals surface area contributed by atoms with Crippen LogP contribution in [0.25, 0.3) is 109 Å². The predicted octanol–water partition coefficient (Wildman–Crippen LogP) is 15.3. The molecule has 250 valence electrons. The maximum absolute atomic E-state index is 2.39. The van der Waals surface area contributed by atoms with Crippen LogP contribution in [0.2, 0.25) is 0 Å². The summed E-state index contributed by atoms with van der Waals surface area (Å²) in [4.78, 5) is 0. The van der Waals surface area contributed by atoms with Gasteiger partial charge in [0, 0.05) is 0 Å². The van der Waals surface area contributed by atoms with Crippen LogP contribution >= 0.6 is 0 Å². The van der Waals surface area contributed by atoms with Gasteiger partial charge in [0.1, 0.15) is 0 Å². The van der Waals surface area contributed by atoms with Crippen LogP contribution in [-0.2, 0) is 0 Å². The molecule has 0 aliphatic carbocycles. The summed E-state index contributed by atoms with van der Waals surface area (Å²) in [5, 5.41) is 15.2. The SMILES string of the molecule is c1ccc2c(-c3ccc(-c4ccc5ccc(-c6c7ccccc7c(-c7ccc8c(ccc9ccccc98)c7)c7ccccc67)cc5c4)cc3)cccc2c1. The second-order valence-electron chi connectivity index (χ2n) is 14.4. The van der Waals surface area contributed by atoms with Crippen molar-refractivity contribution in [3.63, 3.8) is 0 Å². The molecule has 0 aliphatic heterocycles. The molecule has 0 bridgehead atoms. The molecular weight excluding hydrogens is 649 g/mol. The molecule has 11 aromatic rings. The lowest BCUT2D eigenvalue weighted by atomic mass is 9.85. The smallest absolute Gasteiger partial charge is 0.00262 e. The minimum absolute atomic E-state index is 1.22. The fraction of sp³-hybridized carbons (Fsp3) is 0. The van der Waals surface area contributed by atoms with E-state index in [1.165, 1.54) is 109 Å². The fourth-order valence-corrected chi connectivity index (χ4v) is 8.82. The molecule has 0 aliphatic rings. The first kappa shape index (κ1) is 30.6. The van der Waals surface area contributed by atoms with Crippen LogP contribution in [0.3, 0.4) is 0 Å². The molecule has 0 heterocycles. The first-order valence-electron chi connectivity index (χ1n) is 18.7. The highest BCUT2D eigenvalue weighted by Gasteiger charge is 2.17. The van der Waals surface area contributed by atoms with Gasteiger partial charge in [0.2, 0.25) is 0 Å². The molecule has 0 heteroatoms. The number of hydrogen-bond donors (Lipinski definition) is 0. The zero-order valence-electron chi connectivity index (χ0n) is 29.6. The summed E-state index contributed by atoms with van der Waals surface area (Å²) >= 11 is 0.